The molecule has 0 radical (unpaired) electrons. The van der Waals surface area contributed by atoms with Gasteiger partial charge in [0.2, 0.25) is 5.91 Å². The van der Waals surface area contributed by atoms with Crippen LogP contribution in [-0.4, -0.2) is 33.3 Å². The van der Waals surface area contributed by atoms with Gasteiger partial charge in [-0.3, -0.25) is 4.79 Å². The van der Waals surface area contributed by atoms with Gasteiger partial charge in [0.05, 0.1) is 6.04 Å². The third-order valence-electron chi connectivity index (χ3n) is 3.64. The Morgan fingerprint density at radius 2 is 2.18 bits per heavy atom. The van der Waals surface area contributed by atoms with Gasteiger partial charge in [0.15, 0.2) is 4.34 Å². The van der Waals surface area contributed by atoms with E-state index >= 15 is 0 Å². The highest BCUT2D eigenvalue weighted by atomic mass is 32.2. The lowest BCUT2D eigenvalue weighted by molar-refractivity contribution is -0.138. The molecule has 1 amide bonds. The van der Waals surface area contributed by atoms with E-state index in [1.54, 1.807) is 35.2 Å². The lowest BCUT2D eigenvalue weighted by Crippen LogP contribution is -2.45. The van der Waals surface area contributed by atoms with Gasteiger partial charge in [0, 0.05) is 18.7 Å². The number of carbonyl (C=O) groups excluding carboxylic acids is 1. The number of amides is 1. The summed E-state index contributed by atoms with van der Waals surface area (Å²) in [6, 6.07) is 6.52. The maximum Gasteiger partial charge on any atom is 0.223 e. The predicted octanol–water partition coefficient (Wildman–Crippen LogP) is 3.44. The molecular formula is C15H16FN3OS2. The van der Waals surface area contributed by atoms with Crippen LogP contribution in [0.3, 0.4) is 0 Å². The Balaban J connectivity index is 1.51. The third kappa shape index (κ3) is 3.47. The summed E-state index contributed by atoms with van der Waals surface area (Å²) in [5.41, 5.74) is 1.01. The van der Waals surface area contributed by atoms with Gasteiger partial charge in [-0.05, 0) is 31.0 Å². The minimum absolute atomic E-state index is 0.0990. The first-order valence-electron chi connectivity index (χ1n) is 7.11. The second-order valence-electron chi connectivity index (χ2n) is 5.13. The van der Waals surface area contributed by atoms with Crippen LogP contribution in [0.15, 0.2) is 28.6 Å². The molecule has 1 saturated heterocycles. The molecule has 1 fully saturated rings. The maximum atomic E-state index is 13.0. The zero-order valence-electron chi connectivity index (χ0n) is 12.2. The minimum Gasteiger partial charge on any atom is -0.335 e. The van der Waals surface area contributed by atoms with Crippen LogP contribution >= 0.6 is 23.1 Å². The number of hydrogen-bond donors (Lipinski definition) is 0. The van der Waals surface area contributed by atoms with Crippen LogP contribution in [0.25, 0.3) is 0 Å². The first-order chi connectivity index (χ1) is 10.6. The average molecular weight is 337 g/mol. The molecule has 4 nitrogen and oxygen atoms in total. The first kappa shape index (κ1) is 15.4. The van der Waals surface area contributed by atoms with Crippen LogP contribution in [0, 0.1) is 12.7 Å². The van der Waals surface area contributed by atoms with Gasteiger partial charge in [-0.2, -0.15) is 0 Å². The Bertz CT molecular complexity index is 659. The zero-order valence-corrected chi connectivity index (χ0v) is 13.8. The van der Waals surface area contributed by atoms with Crippen LogP contribution in [-0.2, 0) is 4.79 Å². The van der Waals surface area contributed by atoms with Crippen molar-refractivity contribution in [3.05, 3.63) is 40.7 Å². The number of benzene rings is 1. The van der Waals surface area contributed by atoms with Gasteiger partial charge in [0.1, 0.15) is 10.8 Å². The third-order valence-corrected chi connectivity index (χ3v) is 5.62. The van der Waals surface area contributed by atoms with Gasteiger partial charge < -0.3 is 4.90 Å². The van der Waals surface area contributed by atoms with Crippen molar-refractivity contribution in [1.29, 1.82) is 0 Å². The minimum atomic E-state index is -0.246. The molecule has 1 aliphatic heterocycles. The maximum absolute atomic E-state index is 13.0. The number of carbonyl (C=O) groups is 1. The van der Waals surface area contributed by atoms with Crippen molar-refractivity contribution < 1.29 is 9.18 Å². The Labute approximate surface area is 136 Å². The molecule has 0 unspecified atom stereocenters. The highest BCUT2D eigenvalue weighted by molar-refractivity contribution is 8.01. The van der Waals surface area contributed by atoms with E-state index in [4.69, 9.17) is 0 Å². The molecule has 1 aromatic carbocycles. The Morgan fingerprint density at radius 1 is 1.41 bits per heavy atom. The monoisotopic (exact) mass is 337 g/mol. The number of aromatic nitrogens is 2. The fraction of sp³-hybridized carbons (Fsp3) is 0.400. The van der Waals surface area contributed by atoms with Gasteiger partial charge in [0.25, 0.3) is 0 Å². The summed E-state index contributed by atoms with van der Waals surface area (Å²) in [4.78, 5) is 14.2. The summed E-state index contributed by atoms with van der Waals surface area (Å²) in [6.45, 7) is 2.70. The van der Waals surface area contributed by atoms with Crippen LogP contribution in [0.5, 0.6) is 0 Å². The SMILES string of the molecule is Cc1nnc(SCCC(=O)N2CC[C@@H]2c2ccc(F)cc2)s1. The number of nitrogens with zero attached hydrogens (tertiary/aromatic N) is 3. The van der Waals surface area contributed by atoms with Crippen molar-refractivity contribution in [3.63, 3.8) is 0 Å². The van der Waals surface area contributed by atoms with Crippen molar-refractivity contribution in [2.45, 2.75) is 30.1 Å². The van der Waals surface area contributed by atoms with Crippen molar-refractivity contribution in [1.82, 2.24) is 15.1 Å². The van der Waals surface area contributed by atoms with E-state index in [0.29, 0.717) is 12.2 Å². The molecule has 2 aromatic rings. The molecule has 116 valence electrons. The van der Waals surface area contributed by atoms with Gasteiger partial charge in [-0.25, -0.2) is 4.39 Å². The van der Waals surface area contributed by atoms with Crippen LogP contribution in [0.1, 0.15) is 29.5 Å². The number of halogens is 1. The molecule has 22 heavy (non-hydrogen) atoms. The quantitative estimate of drug-likeness (QED) is 0.784. The van der Waals surface area contributed by atoms with E-state index in [1.807, 2.05) is 11.8 Å². The topological polar surface area (TPSA) is 46.1 Å². The Hall–Kier alpha value is -1.47. The van der Waals surface area contributed by atoms with E-state index in [0.717, 1.165) is 27.9 Å². The van der Waals surface area contributed by atoms with Gasteiger partial charge >= 0.3 is 0 Å². The lowest BCUT2D eigenvalue weighted by atomic mass is 9.94. The molecule has 1 aromatic heterocycles. The first-order valence-corrected chi connectivity index (χ1v) is 8.91. The smallest absolute Gasteiger partial charge is 0.223 e. The molecule has 7 heteroatoms. The summed E-state index contributed by atoms with van der Waals surface area (Å²) in [7, 11) is 0. The molecule has 1 atom stereocenters. The van der Waals surface area contributed by atoms with E-state index < -0.39 is 0 Å². The van der Waals surface area contributed by atoms with E-state index in [-0.39, 0.29) is 17.8 Å². The molecule has 0 N–H and O–H groups in total. The Kier molecular flexibility index (Phi) is 4.73. The zero-order chi connectivity index (χ0) is 15.5. The van der Waals surface area contributed by atoms with Crippen molar-refractivity contribution in [2.75, 3.05) is 12.3 Å². The number of hydrogen-bond acceptors (Lipinski definition) is 5. The summed E-state index contributed by atoms with van der Waals surface area (Å²) >= 11 is 3.12. The fourth-order valence-corrected chi connectivity index (χ4v) is 4.24. The highest BCUT2D eigenvalue weighted by Gasteiger charge is 2.32. The molecule has 2 heterocycles. The van der Waals surface area contributed by atoms with E-state index in [2.05, 4.69) is 10.2 Å². The number of rotatable bonds is 5. The number of thioether (sulfide) groups is 1. The van der Waals surface area contributed by atoms with Gasteiger partial charge in [-0.1, -0.05) is 35.2 Å². The van der Waals surface area contributed by atoms with Crippen molar-refractivity contribution >= 4 is 29.0 Å². The van der Waals surface area contributed by atoms with Crippen molar-refractivity contribution in [3.8, 4) is 0 Å². The lowest BCUT2D eigenvalue weighted by Gasteiger charge is -2.41. The summed E-state index contributed by atoms with van der Waals surface area (Å²) in [6.07, 6.45) is 1.43. The van der Waals surface area contributed by atoms with Crippen molar-refractivity contribution in [2.24, 2.45) is 0 Å². The number of aryl methyl sites for hydroxylation is 1. The number of likely N-dealkylation sites (tertiary alicyclic amines) is 1. The summed E-state index contributed by atoms with van der Waals surface area (Å²) < 4.78 is 13.9. The predicted molar refractivity (Wildman–Crippen MR) is 85.5 cm³/mol. The molecule has 0 bridgehead atoms. The molecule has 0 saturated carbocycles. The largest absolute Gasteiger partial charge is 0.335 e. The summed E-state index contributed by atoms with van der Waals surface area (Å²) in [5.74, 6) is 0.610. The van der Waals surface area contributed by atoms with Crippen LogP contribution in [0.4, 0.5) is 4.39 Å². The van der Waals surface area contributed by atoms with Crippen LogP contribution in [0.2, 0.25) is 0 Å². The molecule has 0 spiro atoms. The summed E-state index contributed by atoms with van der Waals surface area (Å²) in [5, 5.41) is 8.93. The molecule has 0 aliphatic carbocycles. The standard InChI is InChI=1S/C15H16FN3OS2/c1-10-17-18-15(22-10)21-9-7-14(20)19-8-6-13(19)11-2-4-12(16)5-3-11/h2-5,13H,6-9H2,1H3/t13-/m1/s1. The van der Waals surface area contributed by atoms with Gasteiger partial charge in [-0.15, -0.1) is 10.2 Å². The second-order valence-corrected chi connectivity index (χ2v) is 7.65. The Morgan fingerprint density at radius 3 is 2.77 bits per heavy atom. The molecule has 1 aliphatic rings. The normalized spacial score (nSPS) is 17.4. The molecular weight excluding hydrogens is 321 g/mol. The van der Waals surface area contributed by atoms with E-state index in [9.17, 15) is 9.18 Å². The average Bonchev–Trinajstić information content (AvgIpc) is 2.86. The second kappa shape index (κ2) is 6.75. The van der Waals surface area contributed by atoms with E-state index in [1.165, 1.54) is 12.1 Å². The van der Waals surface area contributed by atoms with Crippen LogP contribution < -0.4 is 0 Å². The molecule has 3 rings (SSSR count). The highest BCUT2D eigenvalue weighted by Crippen LogP contribution is 2.34. The fourth-order valence-electron chi connectivity index (χ4n) is 2.42.